The number of carbonyl (C=O) groups is 1. The van der Waals surface area contributed by atoms with E-state index in [1.807, 2.05) is 53.9 Å². The molecule has 0 bridgehead atoms. The lowest BCUT2D eigenvalue weighted by atomic mass is 10.1. The summed E-state index contributed by atoms with van der Waals surface area (Å²) in [6.45, 7) is 0.0992. The molecular formula is C23H15F3N2OS. The Bertz CT molecular complexity index is 1210. The Labute approximate surface area is 174 Å². The number of halogens is 3. The number of amides is 1. The zero-order valence-electron chi connectivity index (χ0n) is 15.5. The van der Waals surface area contributed by atoms with Crippen LogP contribution in [-0.2, 0) is 6.54 Å². The van der Waals surface area contributed by atoms with Gasteiger partial charge in [-0.3, -0.25) is 4.79 Å². The fraction of sp³-hybridized carbons (Fsp3) is 0.0435. The predicted molar refractivity (Wildman–Crippen MR) is 110 cm³/mol. The molecular weight excluding hydrogens is 409 g/mol. The second-order valence-corrected chi connectivity index (χ2v) is 7.37. The van der Waals surface area contributed by atoms with Gasteiger partial charge in [0.05, 0.1) is 11.3 Å². The first kappa shape index (κ1) is 19.8. The van der Waals surface area contributed by atoms with Gasteiger partial charge in [-0.15, -0.1) is 11.3 Å². The van der Waals surface area contributed by atoms with Gasteiger partial charge in [-0.25, -0.2) is 18.2 Å². The third-order valence-corrected chi connectivity index (χ3v) is 5.37. The van der Waals surface area contributed by atoms with Crippen molar-refractivity contribution in [3.8, 4) is 21.8 Å². The van der Waals surface area contributed by atoms with E-state index < -0.39 is 28.9 Å². The second-order valence-electron chi connectivity index (χ2n) is 6.51. The fourth-order valence-electron chi connectivity index (χ4n) is 2.94. The number of aromatic nitrogens is 1. The zero-order valence-corrected chi connectivity index (χ0v) is 16.3. The number of benzene rings is 3. The minimum Gasteiger partial charge on any atom is -0.348 e. The molecule has 7 heteroatoms. The van der Waals surface area contributed by atoms with Crippen LogP contribution in [0, 0.1) is 17.5 Å². The molecule has 1 amide bonds. The maximum Gasteiger partial charge on any atom is 0.254 e. The third-order valence-electron chi connectivity index (χ3n) is 4.48. The lowest BCUT2D eigenvalue weighted by Crippen LogP contribution is -2.24. The van der Waals surface area contributed by atoms with E-state index in [0.717, 1.165) is 39.5 Å². The summed E-state index contributed by atoms with van der Waals surface area (Å²) in [7, 11) is 0. The summed E-state index contributed by atoms with van der Waals surface area (Å²) in [5.41, 5.74) is 3.01. The normalized spacial score (nSPS) is 10.8. The molecule has 0 aliphatic carbocycles. The number of nitrogens with one attached hydrogen (secondary N) is 1. The van der Waals surface area contributed by atoms with Crippen molar-refractivity contribution in [2.24, 2.45) is 0 Å². The van der Waals surface area contributed by atoms with Gasteiger partial charge >= 0.3 is 0 Å². The molecule has 3 nitrogen and oxygen atoms in total. The topological polar surface area (TPSA) is 42.0 Å². The highest BCUT2D eigenvalue weighted by Crippen LogP contribution is 2.29. The Morgan fingerprint density at radius 1 is 0.900 bits per heavy atom. The van der Waals surface area contributed by atoms with E-state index in [1.165, 1.54) is 11.3 Å². The molecule has 30 heavy (non-hydrogen) atoms. The molecule has 3 aromatic carbocycles. The number of rotatable bonds is 5. The van der Waals surface area contributed by atoms with Crippen molar-refractivity contribution < 1.29 is 18.0 Å². The van der Waals surface area contributed by atoms with E-state index in [-0.39, 0.29) is 6.54 Å². The van der Waals surface area contributed by atoms with Gasteiger partial charge in [0.25, 0.3) is 5.91 Å². The van der Waals surface area contributed by atoms with Crippen LogP contribution < -0.4 is 5.32 Å². The summed E-state index contributed by atoms with van der Waals surface area (Å²) in [4.78, 5) is 16.8. The second kappa shape index (κ2) is 8.51. The summed E-state index contributed by atoms with van der Waals surface area (Å²) in [6.07, 6.45) is 0. The average Bonchev–Trinajstić information content (AvgIpc) is 3.27. The molecule has 0 aliphatic heterocycles. The predicted octanol–water partition coefficient (Wildman–Crippen LogP) is 5.82. The summed E-state index contributed by atoms with van der Waals surface area (Å²) < 4.78 is 40.2. The largest absolute Gasteiger partial charge is 0.348 e. The van der Waals surface area contributed by atoms with Crippen LogP contribution in [0.3, 0.4) is 0 Å². The Morgan fingerprint density at radius 2 is 1.67 bits per heavy atom. The van der Waals surface area contributed by atoms with Crippen molar-refractivity contribution in [2.45, 2.75) is 6.54 Å². The first-order valence-corrected chi connectivity index (χ1v) is 9.93. The van der Waals surface area contributed by atoms with Crippen molar-refractivity contribution in [3.63, 3.8) is 0 Å². The Hall–Kier alpha value is -3.45. The minimum atomic E-state index is -1.66. The molecule has 4 aromatic rings. The first-order valence-electron chi connectivity index (χ1n) is 9.05. The van der Waals surface area contributed by atoms with Crippen molar-refractivity contribution in [3.05, 3.63) is 101 Å². The van der Waals surface area contributed by atoms with Crippen molar-refractivity contribution >= 4 is 17.2 Å². The first-order chi connectivity index (χ1) is 14.5. The molecule has 0 fully saturated rings. The smallest absolute Gasteiger partial charge is 0.254 e. The van der Waals surface area contributed by atoms with Crippen molar-refractivity contribution in [1.29, 1.82) is 0 Å². The minimum absolute atomic E-state index is 0.0992. The number of nitrogens with zero attached hydrogens (tertiary/aromatic N) is 1. The Kier molecular flexibility index (Phi) is 5.63. The van der Waals surface area contributed by atoms with E-state index in [9.17, 15) is 18.0 Å². The van der Waals surface area contributed by atoms with Crippen LogP contribution in [0.1, 0.15) is 15.9 Å². The van der Waals surface area contributed by atoms with Gasteiger partial charge in [0, 0.05) is 23.1 Å². The van der Waals surface area contributed by atoms with Crippen LogP contribution in [0.5, 0.6) is 0 Å². The molecule has 0 aliphatic rings. The third kappa shape index (κ3) is 4.11. The molecule has 0 atom stereocenters. The molecule has 0 saturated heterocycles. The SMILES string of the molecule is O=C(NCc1cccc(-c2nc(-c3ccccc3)cs2)c1)c1ccc(F)c(F)c1F. The lowest BCUT2D eigenvalue weighted by Gasteiger charge is -2.08. The maximum atomic E-state index is 13.8. The highest BCUT2D eigenvalue weighted by Gasteiger charge is 2.18. The summed E-state index contributed by atoms with van der Waals surface area (Å²) >= 11 is 1.51. The van der Waals surface area contributed by atoms with Gasteiger partial charge in [-0.2, -0.15) is 0 Å². The average molecular weight is 424 g/mol. The molecule has 150 valence electrons. The molecule has 0 radical (unpaired) electrons. The molecule has 0 saturated carbocycles. The number of carbonyl (C=O) groups excluding carboxylic acids is 1. The Morgan fingerprint density at radius 3 is 2.47 bits per heavy atom. The van der Waals surface area contributed by atoms with Crippen LogP contribution in [0.25, 0.3) is 21.8 Å². The van der Waals surface area contributed by atoms with Crippen LogP contribution in [-0.4, -0.2) is 10.9 Å². The van der Waals surface area contributed by atoms with Crippen LogP contribution in [0.2, 0.25) is 0 Å². The van der Waals surface area contributed by atoms with Gasteiger partial charge in [0.1, 0.15) is 5.01 Å². The van der Waals surface area contributed by atoms with E-state index >= 15 is 0 Å². The zero-order chi connectivity index (χ0) is 21.1. The highest BCUT2D eigenvalue weighted by molar-refractivity contribution is 7.13. The number of hydrogen-bond donors (Lipinski definition) is 1. The standard InChI is InChI=1S/C23H15F3N2OS/c24-18-10-9-17(20(25)21(18)26)22(29)27-12-14-5-4-8-16(11-14)23-28-19(13-30-23)15-6-2-1-3-7-15/h1-11,13H,12H2,(H,27,29). The molecule has 0 spiro atoms. The van der Waals surface area contributed by atoms with E-state index in [1.54, 1.807) is 6.07 Å². The van der Waals surface area contributed by atoms with Crippen LogP contribution in [0.15, 0.2) is 72.1 Å². The van der Waals surface area contributed by atoms with E-state index in [0.29, 0.717) is 0 Å². The molecule has 0 unspecified atom stereocenters. The van der Waals surface area contributed by atoms with Crippen molar-refractivity contribution in [1.82, 2.24) is 10.3 Å². The van der Waals surface area contributed by atoms with Gasteiger partial charge in [0.15, 0.2) is 17.5 Å². The molecule has 1 N–H and O–H groups in total. The summed E-state index contributed by atoms with van der Waals surface area (Å²) in [6, 6.07) is 18.9. The quantitative estimate of drug-likeness (QED) is 0.410. The van der Waals surface area contributed by atoms with E-state index in [4.69, 9.17) is 0 Å². The molecule has 4 rings (SSSR count). The molecule has 1 aromatic heterocycles. The highest BCUT2D eigenvalue weighted by atomic mass is 32.1. The Balaban J connectivity index is 1.49. The monoisotopic (exact) mass is 424 g/mol. The van der Waals surface area contributed by atoms with E-state index in [2.05, 4.69) is 10.3 Å². The number of hydrogen-bond acceptors (Lipinski definition) is 3. The maximum absolute atomic E-state index is 13.8. The van der Waals surface area contributed by atoms with Gasteiger partial charge in [-0.1, -0.05) is 48.5 Å². The molecule has 1 heterocycles. The van der Waals surface area contributed by atoms with Crippen LogP contribution in [0.4, 0.5) is 13.2 Å². The fourth-order valence-corrected chi connectivity index (χ4v) is 3.77. The van der Waals surface area contributed by atoms with Gasteiger partial charge < -0.3 is 5.32 Å². The van der Waals surface area contributed by atoms with Crippen LogP contribution >= 0.6 is 11.3 Å². The lowest BCUT2D eigenvalue weighted by molar-refractivity contribution is 0.0945. The van der Waals surface area contributed by atoms with Gasteiger partial charge in [0.2, 0.25) is 0 Å². The van der Waals surface area contributed by atoms with Crippen molar-refractivity contribution in [2.75, 3.05) is 0 Å². The number of thiazole rings is 1. The van der Waals surface area contributed by atoms with Gasteiger partial charge in [-0.05, 0) is 23.8 Å². The summed E-state index contributed by atoms with van der Waals surface area (Å²) in [5, 5.41) is 5.33. The summed E-state index contributed by atoms with van der Waals surface area (Å²) in [5.74, 6) is -5.33.